The lowest BCUT2D eigenvalue weighted by molar-refractivity contribution is 0.0130. The summed E-state index contributed by atoms with van der Waals surface area (Å²) in [5.74, 6) is 0.691. The number of carbonyl (C=O) groups is 1. The molecule has 8 nitrogen and oxygen atoms in total. The largest absolute Gasteiger partial charge is 0.444 e. The lowest BCUT2D eigenvalue weighted by atomic mass is 10.1. The number of aromatic amines is 1. The van der Waals surface area contributed by atoms with E-state index in [1.54, 1.807) is 15.6 Å². The molecule has 0 spiro atoms. The van der Waals surface area contributed by atoms with Crippen molar-refractivity contribution in [2.45, 2.75) is 51.8 Å². The van der Waals surface area contributed by atoms with Crippen LogP contribution in [0.2, 0.25) is 0 Å². The van der Waals surface area contributed by atoms with E-state index in [1.165, 1.54) is 0 Å². The molecule has 0 radical (unpaired) electrons. The summed E-state index contributed by atoms with van der Waals surface area (Å²) < 4.78 is 7.42. The zero-order valence-electron chi connectivity index (χ0n) is 18.6. The fraction of sp³-hybridized carbons (Fsp3) is 0.375. The molecule has 0 bridgehead atoms. The predicted molar refractivity (Wildman–Crippen MR) is 124 cm³/mol. The van der Waals surface area contributed by atoms with Crippen molar-refractivity contribution in [1.82, 2.24) is 24.5 Å². The van der Waals surface area contributed by atoms with E-state index in [0.29, 0.717) is 12.4 Å². The Balaban J connectivity index is 1.50. The molecule has 4 heterocycles. The standard InChI is InChI=1S/C24H28N6O2/c1-24(2,3)32-23(31)29-12-7-6-10-21(29)27-20-14-17(22-25-11-13-30(22)28-20)18-15-26-19-9-5-4-8-16(18)19/h4-5,8-9,11,13-15,21,26H,6-7,10,12H2,1-3H3,(H,27,28). The van der Waals surface area contributed by atoms with Crippen LogP contribution in [0, 0.1) is 0 Å². The van der Waals surface area contributed by atoms with Gasteiger partial charge in [0.05, 0.1) is 0 Å². The summed E-state index contributed by atoms with van der Waals surface area (Å²) in [5, 5.41) is 9.31. The van der Waals surface area contributed by atoms with Gasteiger partial charge in [-0.25, -0.2) is 14.3 Å². The Morgan fingerprint density at radius 1 is 1.22 bits per heavy atom. The molecule has 4 aromatic rings. The summed E-state index contributed by atoms with van der Waals surface area (Å²) in [7, 11) is 0. The number of nitrogens with zero attached hydrogens (tertiary/aromatic N) is 4. The number of aromatic nitrogens is 4. The number of H-pyrrole nitrogens is 1. The number of para-hydroxylation sites is 1. The van der Waals surface area contributed by atoms with E-state index in [0.717, 1.165) is 46.9 Å². The maximum absolute atomic E-state index is 12.8. The van der Waals surface area contributed by atoms with Gasteiger partial charge in [0.15, 0.2) is 5.65 Å². The number of nitrogens with one attached hydrogen (secondary N) is 2. The van der Waals surface area contributed by atoms with Crippen LogP contribution in [0.25, 0.3) is 27.7 Å². The molecule has 2 N–H and O–H groups in total. The smallest absolute Gasteiger partial charge is 0.411 e. The van der Waals surface area contributed by atoms with E-state index in [2.05, 4.69) is 27.4 Å². The van der Waals surface area contributed by atoms with Crippen LogP contribution in [0.15, 0.2) is 48.9 Å². The van der Waals surface area contributed by atoms with Gasteiger partial charge in [0, 0.05) is 47.2 Å². The summed E-state index contributed by atoms with van der Waals surface area (Å²) in [6, 6.07) is 10.2. The Labute approximate surface area is 186 Å². The number of amides is 1. The van der Waals surface area contributed by atoms with Gasteiger partial charge in [-0.3, -0.25) is 4.90 Å². The quantitative estimate of drug-likeness (QED) is 0.474. The van der Waals surface area contributed by atoms with Gasteiger partial charge in [-0.15, -0.1) is 5.10 Å². The van der Waals surface area contributed by atoms with Crippen molar-refractivity contribution in [2.75, 3.05) is 11.9 Å². The number of imidazole rings is 1. The van der Waals surface area contributed by atoms with E-state index < -0.39 is 5.60 Å². The van der Waals surface area contributed by atoms with Crippen LogP contribution in [0.5, 0.6) is 0 Å². The first kappa shape index (κ1) is 20.4. The van der Waals surface area contributed by atoms with E-state index in [9.17, 15) is 4.79 Å². The number of anilines is 1. The lowest BCUT2D eigenvalue weighted by Crippen LogP contribution is -2.49. The van der Waals surface area contributed by atoms with Gasteiger partial charge in [0.2, 0.25) is 0 Å². The second-order valence-electron chi connectivity index (χ2n) is 9.22. The second-order valence-corrected chi connectivity index (χ2v) is 9.22. The van der Waals surface area contributed by atoms with E-state index in [4.69, 9.17) is 9.84 Å². The highest BCUT2D eigenvalue weighted by atomic mass is 16.6. The van der Waals surface area contributed by atoms with Gasteiger partial charge in [-0.2, -0.15) is 0 Å². The molecule has 1 saturated heterocycles. The topological polar surface area (TPSA) is 87.5 Å². The first-order valence-electron chi connectivity index (χ1n) is 11.1. The normalized spacial score (nSPS) is 17.1. The zero-order chi connectivity index (χ0) is 22.3. The van der Waals surface area contributed by atoms with Gasteiger partial charge < -0.3 is 15.0 Å². The Kier molecular flexibility index (Phi) is 5.00. The minimum atomic E-state index is -0.532. The number of benzene rings is 1. The molecule has 1 atom stereocenters. The molecule has 166 valence electrons. The molecule has 5 rings (SSSR count). The van der Waals surface area contributed by atoms with E-state index >= 15 is 0 Å². The van der Waals surface area contributed by atoms with Gasteiger partial charge >= 0.3 is 6.09 Å². The van der Waals surface area contributed by atoms with Gasteiger partial charge in [0.1, 0.15) is 17.6 Å². The molecular formula is C24H28N6O2. The highest BCUT2D eigenvalue weighted by molar-refractivity contribution is 5.99. The summed E-state index contributed by atoms with van der Waals surface area (Å²) in [6.45, 7) is 6.33. The van der Waals surface area contributed by atoms with Crippen molar-refractivity contribution in [2.24, 2.45) is 0 Å². The van der Waals surface area contributed by atoms with Crippen LogP contribution < -0.4 is 5.32 Å². The van der Waals surface area contributed by atoms with Crippen LogP contribution in [0.3, 0.4) is 0 Å². The van der Waals surface area contributed by atoms with Gasteiger partial charge in [-0.05, 0) is 52.2 Å². The number of piperidine rings is 1. The van der Waals surface area contributed by atoms with Crippen molar-refractivity contribution >= 4 is 28.5 Å². The second kappa shape index (κ2) is 7.85. The number of hydrogen-bond donors (Lipinski definition) is 2. The van der Waals surface area contributed by atoms with Crippen molar-refractivity contribution in [3.8, 4) is 11.1 Å². The fourth-order valence-electron chi connectivity index (χ4n) is 4.27. The third kappa shape index (κ3) is 3.88. The summed E-state index contributed by atoms with van der Waals surface area (Å²) in [4.78, 5) is 22.5. The molecule has 1 amide bonds. The zero-order valence-corrected chi connectivity index (χ0v) is 18.6. The lowest BCUT2D eigenvalue weighted by Gasteiger charge is -2.37. The SMILES string of the molecule is CC(C)(C)OC(=O)N1CCCCC1Nc1cc(-c2c[nH]c3ccccc23)c2nccn2n1. The highest BCUT2D eigenvalue weighted by Crippen LogP contribution is 2.32. The number of ether oxygens (including phenoxy) is 1. The summed E-state index contributed by atoms with van der Waals surface area (Å²) >= 11 is 0. The minimum Gasteiger partial charge on any atom is -0.444 e. The monoisotopic (exact) mass is 432 g/mol. The molecule has 3 aromatic heterocycles. The maximum atomic E-state index is 12.8. The molecule has 1 unspecified atom stereocenters. The first-order valence-corrected chi connectivity index (χ1v) is 11.1. The maximum Gasteiger partial charge on any atom is 0.411 e. The number of fused-ring (bicyclic) bond motifs is 2. The van der Waals surface area contributed by atoms with Crippen molar-refractivity contribution in [3.63, 3.8) is 0 Å². The number of likely N-dealkylation sites (tertiary alicyclic amines) is 1. The fourth-order valence-corrected chi connectivity index (χ4v) is 4.27. The van der Waals surface area contributed by atoms with Gasteiger partial charge in [0.25, 0.3) is 0 Å². The predicted octanol–water partition coefficient (Wildman–Crippen LogP) is 5.04. The molecule has 1 fully saturated rings. The molecule has 1 aliphatic heterocycles. The first-order chi connectivity index (χ1) is 15.4. The molecule has 0 aliphatic carbocycles. The van der Waals surface area contributed by atoms with E-state index in [1.807, 2.05) is 51.4 Å². The highest BCUT2D eigenvalue weighted by Gasteiger charge is 2.31. The number of carbonyl (C=O) groups excluding carboxylic acids is 1. The molecule has 0 saturated carbocycles. The van der Waals surface area contributed by atoms with Crippen LogP contribution in [-0.2, 0) is 4.74 Å². The number of rotatable bonds is 3. The molecule has 1 aliphatic rings. The van der Waals surface area contributed by atoms with Crippen LogP contribution >= 0.6 is 0 Å². The summed E-state index contributed by atoms with van der Waals surface area (Å²) in [5.41, 5.74) is 3.37. The van der Waals surface area contributed by atoms with Gasteiger partial charge in [-0.1, -0.05) is 18.2 Å². The third-order valence-corrected chi connectivity index (χ3v) is 5.68. The van der Waals surface area contributed by atoms with E-state index in [-0.39, 0.29) is 12.3 Å². The van der Waals surface area contributed by atoms with Crippen molar-refractivity contribution in [1.29, 1.82) is 0 Å². The molecule has 8 heteroatoms. The Hall–Kier alpha value is -3.55. The van der Waals surface area contributed by atoms with Crippen molar-refractivity contribution in [3.05, 3.63) is 48.9 Å². The third-order valence-electron chi connectivity index (χ3n) is 5.68. The van der Waals surface area contributed by atoms with Crippen LogP contribution in [0.1, 0.15) is 40.0 Å². The Morgan fingerprint density at radius 2 is 2.06 bits per heavy atom. The Morgan fingerprint density at radius 3 is 2.91 bits per heavy atom. The molecule has 32 heavy (non-hydrogen) atoms. The van der Waals surface area contributed by atoms with Crippen LogP contribution in [-0.4, -0.2) is 48.9 Å². The molecule has 1 aromatic carbocycles. The van der Waals surface area contributed by atoms with Crippen molar-refractivity contribution < 1.29 is 9.53 Å². The summed E-state index contributed by atoms with van der Waals surface area (Å²) in [6.07, 6.45) is 7.96. The number of hydrogen-bond acceptors (Lipinski definition) is 5. The average molecular weight is 433 g/mol. The Bertz CT molecular complexity index is 1270. The minimum absolute atomic E-state index is 0.178. The average Bonchev–Trinajstić information content (AvgIpc) is 3.39. The van der Waals surface area contributed by atoms with Crippen LogP contribution in [0.4, 0.5) is 10.6 Å². The molecular weight excluding hydrogens is 404 g/mol.